The number of halogens is 9. The monoisotopic (exact) mass is 1110 g/mol. The molecule has 13 aromatic rings. The molecule has 0 radical (unpaired) electrons. The largest absolute Gasteiger partial charge is 0.417 e. The number of aryl methyl sites for hydroxylation is 1. The zero-order chi connectivity index (χ0) is 57.5. The number of nitrogens with zero attached hydrogens (tertiary/aromatic N) is 6. The zero-order valence-electron chi connectivity index (χ0n) is 43.4. The summed E-state index contributed by atoms with van der Waals surface area (Å²) in [6.07, 6.45) is -14.7. The van der Waals surface area contributed by atoms with Crippen molar-refractivity contribution in [3.05, 3.63) is 252 Å². The standard InChI is InChI=1S/C68H39F9N6/c1-39-21-27-47(55(33-39)67(72,73)74)42-23-31-61-53(35-42)50-18-10-12-20-59(50)83(61)62-32-24-44(65-80-63(40-13-5-3-6-14-40)79-64(81-65)41-15-7-4-8-16-41)36-54(62)51-38-46(26-29-57(51)78-2)82-58-19-11-9-17-49(58)52-34-43(22-30-60(52)82)48-28-25-45(66(69,70)71)37-56(48)68(75,76)77/h3-38H,1H3. The Morgan fingerprint density at radius 2 is 0.843 bits per heavy atom. The average molecular weight is 1110 g/mol. The average Bonchev–Trinajstić information content (AvgIpc) is 3.31. The second kappa shape index (κ2) is 19.7. The lowest BCUT2D eigenvalue weighted by Gasteiger charge is -2.19. The summed E-state index contributed by atoms with van der Waals surface area (Å²) in [7, 11) is 0. The van der Waals surface area contributed by atoms with Crippen LogP contribution in [0.5, 0.6) is 0 Å². The van der Waals surface area contributed by atoms with Crippen molar-refractivity contribution in [3.8, 4) is 78.9 Å². The summed E-state index contributed by atoms with van der Waals surface area (Å²) < 4.78 is 133. The molecule has 83 heavy (non-hydrogen) atoms. The Kier molecular flexibility index (Phi) is 12.4. The van der Waals surface area contributed by atoms with E-state index in [0.717, 1.165) is 28.6 Å². The van der Waals surface area contributed by atoms with Gasteiger partial charge in [0.05, 0.1) is 51.0 Å². The minimum absolute atomic E-state index is 0.0272. The fourth-order valence-electron chi connectivity index (χ4n) is 11.2. The molecule has 0 fully saturated rings. The molecule has 3 heterocycles. The summed E-state index contributed by atoms with van der Waals surface area (Å²) in [5.41, 5.74) is 3.85. The number of hydrogen-bond acceptors (Lipinski definition) is 3. The molecule has 0 saturated carbocycles. The summed E-state index contributed by atoms with van der Waals surface area (Å²) >= 11 is 0. The van der Waals surface area contributed by atoms with Crippen LogP contribution in [0.3, 0.4) is 0 Å². The predicted molar refractivity (Wildman–Crippen MR) is 307 cm³/mol. The highest BCUT2D eigenvalue weighted by molar-refractivity contribution is 6.12. The van der Waals surface area contributed by atoms with Crippen LogP contribution in [0.25, 0.3) is 127 Å². The van der Waals surface area contributed by atoms with Gasteiger partial charge in [-0.3, -0.25) is 0 Å². The molecule has 15 heteroatoms. The molecule has 0 spiro atoms. The SMILES string of the molecule is [C-]#[N+]c1ccc(-n2c3ccccc3c3cc(-c4ccc(C(F)(F)F)cc4C(F)(F)F)ccc32)cc1-c1cc(-c2nc(-c3ccccc3)nc(-c3ccccc3)n2)ccc1-n1c2ccccc2c2cc(-c3ccc(C)cc3C(F)(F)F)ccc21. The van der Waals surface area contributed by atoms with Crippen molar-refractivity contribution in [3.63, 3.8) is 0 Å². The van der Waals surface area contributed by atoms with E-state index >= 15 is 0 Å². The Morgan fingerprint density at radius 1 is 0.361 bits per heavy atom. The Labute approximate surface area is 467 Å². The first-order valence-electron chi connectivity index (χ1n) is 26.0. The Balaban J connectivity index is 1.06. The van der Waals surface area contributed by atoms with Crippen LogP contribution >= 0.6 is 0 Å². The van der Waals surface area contributed by atoms with Gasteiger partial charge < -0.3 is 9.13 Å². The number of hydrogen-bond donors (Lipinski definition) is 0. The summed E-state index contributed by atoms with van der Waals surface area (Å²) in [6, 6.07) is 60.5. The van der Waals surface area contributed by atoms with Gasteiger partial charge in [0.2, 0.25) is 0 Å². The summed E-state index contributed by atoms with van der Waals surface area (Å²) in [5.74, 6) is 1.13. The van der Waals surface area contributed by atoms with Crippen LogP contribution in [0.4, 0.5) is 45.2 Å². The molecule has 0 aliphatic heterocycles. The third-order valence-electron chi connectivity index (χ3n) is 14.9. The molecule has 0 aliphatic carbocycles. The minimum atomic E-state index is -5.11. The molecular formula is C68H39F9N6. The quantitative estimate of drug-likeness (QED) is 0.113. The molecule has 10 aromatic carbocycles. The van der Waals surface area contributed by atoms with Crippen molar-refractivity contribution >= 4 is 49.3 Å². The van der Waals surface area contributed by atoms with Crippen molar-refractivity contribution in [2.24, 2.45) is 0 Å². The lowest BCUT2D eigenvalue weighted by Crippen LogP contribution is -2.12. The lowest BCUT2D eigenvalue weighted by atomic mass is 9.95. The highest BCUT2D eigenvalue weighted by Gasteiger charge is 2.39. The second-order valence-corrected chi connectivity index (χ2v) is 20.1. The molecule has 6 nitrogen and oxygen atoms in total. The topological polar surface area (TPSA) is 52.9 Å². The van der Waals surface area contributed by atoms with E-state index < -0.39 is 40.8 Å². The van der Waals surface area contributed by atoms with Crippen LogP contribution < -0.4 is 0 Å². The minimum Gasteiger partial charge on any atom is -0.309 e. The first kappa shape index (κ1) is 52.1. The van der Waals surface area contributed by atoms with E-state index in [0.29, 0.717) is 101 Å². The fraction of sp³-hybridized carbons (Fsp3) is 0.0588. The fourth-order valence-corrected chi connectivity index (χ4v) is 11.2. The molecule has 3 aromatic heterocycles. The van der Waals surface area contributed by atoms with Crippen LogP contribution in [0.1, 0.15) is 22.3 Å². The first-order valence-corrected chi connectivity index (χ1v) is 26.0. The summed E-state index contributed by atoms with van der Waals surface area (Å²) in [6.45, 7) is 10.3. The summed E-state index contributed by atoms with van der Waals surface area (Å²) in [4.78, 5) is 19.0. The maximum Gasteiger partial charge on any atom is 0.417 e. The zero-order valence-corrected chi connectivity index (χ0v) is 43.4. The number of fused-ring (bicyclic) bond motifs is 6. The molecule has 0 aliphatic rings. The van der Waals surface area contributed by atoms with Gasteiger partial charge in [-0.05, 0) is 125 Å². The van der Waals surface area contributed by atoms with Crippen molar-refractivity contribution in [2.75, 3.05) is 0 Å². The van der Waals surface area contributed by atoms with E-state index in [1.165, 1.54) is 12.1 Å². The second-order valence-electron chi connectivity index (χ2n) is 20.1. The van der Waals surface area contributed by atoms with E-state index in [1.54, 1.807) is 61.5 Å². The van der Waals surface area contributed by atoms with E-state index in [-0.39, 0.29) is 22.9 Å². The molecule has 0 saturated heterocycles. The van der Waals surface area contributed by atoms with Gasteiger partial charge in [-0.15, -0.1) is 0 Å². The smallest absolute Gasteiger partial charge is 0.309 e. The van der Waals surface area contributed by atoms with Crippen LogP contribution in [0, 0.1) is 13.5 Å². The molecule has 0 atom stereocenters. The third kappa shape index (κ3) is 9.27. The van der Waals surface area contributed by atoms with Crippen LogP contribution in [-0.2, 0) is 18.5 Å². The van der Waals surface area contributed by atoms with Crippen LogP contribution in [-0.4, -0.2) is 24.1 Å². The maximum atomic E-state index is 14.7. The Hall–Kier alpha value is -10.3. The van der Waals surface area contributed by atoms with Gasteiger partial charge in [-0.25, -0.2) is 19.8 Å². The van der Waals surface area contributed by atoms with Gasteiger partial charge >= 0.3 is 18.5 Å². The van der Waals surface area contributed by atoms with Crippen molar-refractivity contribution < 1.29 is 39.5 Å². The highest BCUT2D eigenvalue weighted by Crippen LogP contribution is 2.47. The maximum absolute atomic E-state index is 14.7. The number of rotatable bonds is 8. The van der Waals surface area contributed by atoms with Gasteiger partial charge in [0, 0.05) is 43.9 Å². The third-order valence-corrected chi connectivity index (χ3v) is 14.9. The van der Waals surface area contributed by atoms with E-state index in [1.807, 2.05) is 137 Å². The number of para-hydroxylation sites is 2. The van der Waals surface area contributed by atoms with Gasteiger partial charge in [0.15, 0.2) is 23.2 Å². The summed E-state index contributed by atoms with van der Waals surface area (Å²) in [5, 5.41) is 2.57. The molecule has 0 amide bonds. The van der Waals surface area contributed by atoms with Gasteiger partial charge in [-0.2, -0.15) is 39.5 Å². The normalized spacial score (nSPS) is 12.2. The van der Waals surface area contributed by atoms with Crippen molar-refractivity contribution in [1.82, 2.24) is 24.1 Å². The number of alkyl halides is 9. The van der Waals surface area contributed by atoms with Gasteiger partial charge in [0.1, 0.15) is 0 Å². The van der Waals surface area contributed by atoms with Crippen molar-refractivity contribution in [2.45, 2.75) is 25.5 Å². The number of aromatic nitrogens is 5. The Bertz CT molecular complexity index is 4720. The van der Waals surface area contributed by atoms with Crippen LogP contribution in [0.15, 0.2) is 218 Å². The molecule has 0 N–H and O–H groups in total. The van der Waals surface area contributed by atoms with E-state index in [2.05, 4.69) is 4.85 Å². The molecule has 404 valence electrons. The molecule has 13 rings (SSSR count). The van der Waals surface area contributed by atoms with E-state index in [9.17, 15) is 39.5 Å². The first-order chi connectivity index (χ1) is 39.9. The Morgan fingerprint density at radius 3 is 1.40 bits per heavy atom. The molecule has 0 bridgehead atoms. The number of benzene rings is 10. The van der Waals surface area contributed by atoms with Gasteiger partial charge in [-0.1, -0.05) is 139 Å². The van der Waals surface area contributed by atoms with Crippen LogP contribution in [0.2, 0.25) is 0 Å². The van der Waals surface area contributed by atoms with Gasteiger partial charge in [0.25, 0.3) is 0 Å². The lowest BCUT2D eigenvalue weighted by molar-refractivity contribution is -0.143. The molecule has 0 unspecified atom stereocenters. The molecular weight excluding hydrogens is 1070 g/mol. The predicted octanol–water partition coefficient (Wildman–Crippen LogP) is 20.0. The highest BCUT2D eigenvalue weighted by atomic mass is 19.4. The van der Waals surface area contributed by atoms with E-state index in [4.69, 9.17) is 21.5 Å². The van der Waals surface area contributed by atoms with Crippen molar-refractivity contribution in [1.29, 1.82) is 0 Å².